The number of rotatable bonds is 3. The summed E-state index contributed by atoms with van der Waals surface area (Å²) in [4.78, 5) is 17.9. The Morgan fingerprint density at radius 2 is 2.46 bits per heavy atom. The van der Waals surface area contributed by atoms with Crippen molar-refractivity contribution in [2.24, 2.45) is 0 Å². The van der Waals surface area contributed by atoms with E-state index >= 15 is 0 Å². The molecule has 13 heavy (non-hydrogen) atoms. The van der Waals surface area contributed by atoms with Gasteiger partial charge in [-0.15, -0.1) is 0 Å². The van der Waals surface area contributed by atoms with Crippen LogP contribution in [0.3, 0.4) is 0 Å². The number of nitrogens with one attached hydrogen (secondary N) is 1. The van der Waals surface area contributed by atoms with Crippen molar-refractivity contribution in [1.29, 1.82) is 0 Å². The summed E-state index contributed by atoms with van der Waals surface area (Å²) in [6.45, 7) is 0.125. The van der Waals surface area contributed by atoms with Gasteiger partial charge in [-0.2, -0.15) is 0 Å². The third-order valence-electron chi connectivity index (χ3n) is 1.29. The van der Waals surface area contributed by atoms with Crippen LogP contribution in [0.4, 0.5) is 4.79 Å². The summed E-state index contributed by atoms with van der Waals surface area (Å²) >= 11 is 0. The van der Waals surface area contributed by atoms with Gasteiger partial charge in [0, 0.05) is 0 Å². The van der Waals surface area contributed by atoms with Gasteiger partial charge in [-0.25, -0.2) is 9.78 Å². The van der Waals surface area contributed by atoms with E-state index in [4.69, 9.17) is 9.84 Å². The molecule has 1 rings (SSSR count). The number of methoxy groups -OCH3 is 1. The van der Waals surface area contributed by atoms with Crippen molar-refractivity contribution in [3.05, 3.63) is 18.1 Å². The van der Waals surface area contributed by atoms with Crippen LogP contribution in [0, 0.1) is 0 Å². The second-order valence-electron chi connectivity index (χ2n) is 2.21. The molecular weight excluding hydrogens is 174 g/mol. The number of amides is 1. The summed E-state index contributed by atoms with van der Waals surface area (Å²) in [5.74, 6) is 0.365. The number of hydrogen-bond acceptors (Lipinski definition) is 4. The minimum Gasteiger partial charge on any atom is -0.480 e. The van der Waals surface area contributed by atoms with Crippen LogP contribution in [0.15, 0.2) is 12.4 Å². The molecular formula is C7H9N3O3. The lowest BCUT2D eigenvalue weighted by Crippen LogP contribution is -2.20. The Hall–Kier alpha value is -1.85. The highest BCUT2D eigenvalue weighted by Crippen LogP contribution is 2.02. The lowest BCUT2D eigenvalue weighted by atomic mass is 10.4. The molecule has 0 saturated heterocycles. The van der Waals surface area contributed by atoms with Crippen molar-refractivity contribution in [2.45, 2.75) is 6.54 Å². The van der Waals surface area contributed by atoms with Gasteiger partial charge in [0.05, 0.1) is 31.7 Å². The molecule has 6 nitrogen and oxygen atoms in total. The van der Waals surface area contributed by atoms with E-state index in [0.717, 1.165) is 0 Å². The van der Waals surface area contributed by atoms with E-state index in [1.807, 2.05) is 0 Å². The van der Waals surface area contributed by atoms with Crippen molar-refractivity contribution < 1.29 is 14.6 Å². The largest absolute Gasteiger partial charge is 0.480 e. The van der Waals surface area contributed by atoms with Gasteiger partial charge in [0.2, 0.25) is 5.88 Å². The van der Waals surface area contributed by atoms with Crippen LogP contribution in [-0.4, -0.2) is 28.3 Å². The maximum absolute atomic E-state index is 10.1. The van der Waals surface area contributed by atoms with Gasteiger partial charge < -0.3 is 15.2 Å². The van der Waals surface area contributed by atoms with Crippen LogP contribution in [0.2, 0.25) is 0 Å². The maximum Gasteiger partial charge on any atom is 0.404 e. The fraction of sp³-hybridized carbons (Fsp3) is 0.286. The van der Waals surface area contributed by atoms with Crippen molar-refractivity contribution in [1.82, 2.24) is 15.3 Å². The zero-order valence-electron chi connectivity index (χ0n) is 7.02. The number of carbonyl (C=O) groups is 1. The molecule has 0 unspecified atom stereocenters. The normalized spacial score (nSPS) is 9.31. The van der Waals surface area contributed by atoms with E-state index < -0.39 is 6.09 Å². The summed E-state index contributed by atoms with van der Waals surface area (Å²) in [5.41, 5.74) is 0.516. The summed E-state index contributed by atoms with van der Waals surface area (Å²) in [6.07, 6.45) is 1.83. The fourth-order valence-electron chi connectivity index (χ4n) is 0.736. The monoisotopic (exact) mass is 183 g/mol. The Morgan fingerprint density at radius 1 is 1.69 bits per heavy atom. The van der Waals surface area contributed by atoms with Crippen LogP contribution in [0.5, 0.6) is 5.88 Å². The summed E-state index contributed by atoms with van der Waals surface area (Å²) in [5, 5.41) is 10.5. The summed E-state index contributed by atoms with van der Waals surface area (Å²) < 4.78 is 4.81. The zero-order valence-corrected chi connectivity index (χ0v) is 7.02. The molecule has 0 aliphatic heterocycles. The third-order valence-corrected chi connectivity index (χ3v) is 1.29. The van der Waals surface area contributed by atoms with E-state index in [-0.39, 0.29) is 6.54 Å². The van der Waals surface area contributed by atoms with Crippen LogP contribution in [0.1, 0.15) is 5.69 Å². The second kappa shape index (κ2) is 4.24. The molecule has 0 aliphatic rings. The first-order valence-electron chi connectivity index (χ1n) is 3.54. The number of nitrogens with zero attached hydrogens (tertiary/aromatic N) is 2. The molecule has 0 fully saturated rings. The second-order valence-corrected chi connectivity index (χ2v) is 2.21. The standard InChI is InChI=1S/C7H9N3O3/c1-13-6-4-8-2-5(10-6)3-9-7(11)12/h2,4,9H,3H2,1H3,(H,11,12). The van der Waals surface area contributed by atoms with Crippen molar-refractivity contribution in [3.63, 3.8) is 0 Å². The van der Waals surface area contributed by atoms with E-state index in [1.54, 1.807) is 0 Å². The smallest absolute Gasteiger partial charge is 0.404 e. The number of hydrogen-bond donors (Lipinski definition) is 2. The van der Waals surface area contributed by atoms with Gasteiger partial charge >= 0.3 is 6.09 Å². The van der Waals surface area contributed by atoms with Crippen molar-refractivity contribution in [3.8, 4) is 5.88 Å². The molecule has 0 aromatic carbocycles. The molecule has 0 saturated carbocycles. The molecule has 6 heteroatoms. The highest BCUT2D eigenvalue weighted by Gasteiger charge is 1.99. The van der Waals surface area contributed by atoms with Gasteiger partial charge in [0.1, 0.15) is 0 Å². The minimum atomic E-state index is -1.09. The van der Waals surface area contributed by atoms with Gasteiger partial charge in [0.25, 0.3) is 0 Å². The van der Waals surface area contributed by atoms with Crippen LogP contribution >= 0.6 is 0 Å². The number of ether oxygens (including phenoxy) is 1. The molecule has 1 amide bonds. The molecule has 0 atom stereocenters. The first-order chi connectivity index (χ1) is 6.22. The molecule has 0 spiro atoms. The van der Waals surface area contributed by atoms with E-state index in [9.17, 15) is 4.79 Å². The minimum absolute atomic E-state index is 0.125. The van der Waals surface area contributed by atoms with Crippen LogP contribution in [0.25, 0.3) is 0 Å². The Morgan fingerprint density at radius 3 is 3.08 bits per heavy atom. The summed E-state index contributed by atoms with van der Waals surface area (Å²) in [6, 6.07) is 0. The Labute approximate surface area is 74.6 Å². The molecule has 0 bridgehead atoms. The molecule has 1 heterocycles. The van der Waals surface area contributed by atoms with Gasteiger partial charge in [-0.1, -0.05) is 0 Å². The Bertz CT molecular complexity index is 303. The van der Waals surface area contributed by atoms with E-state index in [1.165, 1.54) is 19.5 Å². The van der Waals surface area contributed by atoms with Gasteiger partial charge in [-0.05, 0) is 0 Å². The molecule has 2 N–H and O–H groups in total. The average Bonchev–Trinajstić information content (AvgIpc) is 2.15. The molecule has 0 aliphatic carbocycles. The lowest BCUT2D eigenvalue weighted by Gasteiger charge is -2.01. The molecule has 0 radical (unpaired) electrons. The maximum atomic E-state index is 10.1. The SMILES string of the molecule is COc1cncc(CNC(=O)O)n1. The molecule has 1 aromatic rings. The van der Waals surface area contributed by atoms with Crippen LogP contribution in [-0.2, 0) is 6.54 Å². The first-order valence-corrected chi connectivity index (χ1v) is 3.54. The predicted octanol–water partition coefficient (Wildman–Crippen LogP) is 0.253. The van der Waals surface area contributed by atoms with Gasteiger partial charge in [-0.3, -0.25) is 4.98 Å². The zero-order chi connectivity index (χ0) is 9.68. The quantitative estimate of drug-likeness (QED) is 0.701. The summed E-state index contributed by atoms with van der Waals surface area (Å²) in [7, 11) is 1.47. The van der Waals surface area contributed by atoms with Crippen LogP contribution < -0.4 is 10.1 Å². The third kappa shape index (κ3) is 2.94. The Kier molecular flexibility index (Phi) is 3.02. The van der Waals surface area contributed by atoms with Gasteiger partial charge in [0.15, 0.2) is 0 Å². The molecule has 70 valence electrons. The lowest BCUT2D eigenvalue weighted by molar-refractivity contribution is 0.193. The number of aromatic nitrogens is 2. The Balaban J connectivity index is 2.61. The van der Waals surface area contributed by atoms with Crippen molar-refractivity contribution in [2.75, 3.05) is 7.11 Å². The number of carboxylic acid groups (broad SMARTS) is 1. The molecule has 1 aromatic heterocycles. The highest BCUT2D eigenvalue weighted by molar-refractivity contribution is 5.64. The van der Waals surface area contributed by atoms with Crippen molar-refractivity contribution >= 4 is 6.09 Å². The predicted molar refractivity (Wildman–Crippen MR) is 43.4 cm³/mol. The van der Waals surface area contributed by atoms with E-state index in [2.05, 4.69) is 15.3 Å². The first kappa shape index (κ1) is 9.24. The van der Waals surface area contributed by atoms with E-state index in [0.29, 0.717) is 11.6 Å². The fourth-order valence-corrected chi connectivity index (χ4v) is 0.736. The average molecular weight is 183 g/mol. The topological polar surface area (TPSA) is 84.3 Å². The highest BCUT2D eigenvalue weighted by atomic mass is 16.5.